The van der Waals surface area contributed by atoms with Crippen molar-refractivity contribution in [3.05, 3.63) is 0 Å². The molecular formula is C11H18N2O6. The second-order valence-corrected chi connectivity index (χ2v) is 4.80. The van der Waals surface area contributed by atoms with Crippen LogP contribution in [0.1, 0.15) is 6.42 Å². The zero-order valence-electron chi connectivity index (χ0n) is 10.4. The lowest BCUT2D eigenvalue weighted by Crippen LogP contribution is -2.54. The van der Waals surface area contributed by atoms with Crippen LogP contribution in [-0.2, 0) is 9.53 Å². The highest BCUT2D eigenvalue weighted by Gasteiger charge is 2.41. The Bertz CT molecular complexity index is 363. The van der Waals surface area contributed by atoms with Crippen LogP contribution in [0, 0.1) is 0 Å². The maximum absolute atomic E-state index is 12.3. The van der Waals surface area contributed by atoms with Gasteiger partial charge in [-0.05, 0) is 0 Å². The number of carboxylic acid groups (broad SMARTS) is 1. The van der Waals surface area contributed by atoms with Gasteiger partial charge in [0.05, 0.1) is 32.0 Å². The van der Waals surface area contributed by atoms with Gasteiger partial charge in [0.25, 0.3) is 0 Å². The number of morpholine rings is 1. The SMILES string of the molecule is O=C(O)[C@@H]1C[C@@H](O)CN1C(=O)N1CCOC(CO)C1. The van der Waals surface area contributed by atoms with Gasteiger partial charge < -0.3 is 29.9 Å². The lowest BCUT2D eigenvalue weighted by atomic mass is 10.2. The summed E-state index contributed by atoms with van der Waals surface area (Å²) in [5, 5.41) is 27.6. The van der Waals surface area contributed by atoms with Crippen LogP contribution in [0.15, 0.2) is 0 Å². The van der Waals surface area contributed by atoms with E-state index in [9.17, 15) is 14.7 Å². The molecule has 2 saturated heterocycles. The minimum atomic E-state index is -1.11. The number of carbonyl (C=O) groups is 2. The van der Waals surface area contributed by atoms with Gasteiger partial charge in [-0.3, -0.25) is 0 Å². The van der Waals surface area contributed by atoms with Gasteiger partial charge in [0.2, 0.25) is 0 Å². The Morgan fingerprint density at radius 2 is 2.05 bits per heavy atom. The number of hydrogen-bond donors (Lipinski definition) is 3. The van der Waals surface area contributed by atoms with Crippen LogP contribution >= 0.6 is 0 Å². The molecule has 8 nitrogen and oxygen atoms in total. The van der Waals surface area contributed by atoms with Crippen molar-refractivity contribution in [1.29, 1.82) is 0 Å². The molecule has 0 bridgehead atoms. The van der Waals surface area contributed by atoms with Crippen LogP contribution in [0.2, 0.25) is 0 Å². The van der Waals surface area contributed by atoms with Crippen molar-refractivity contribution in [2.24, 2.45) is 0 Å². The van der Waals surface area contributed by atoms with Crippen LogP contribution < -0.4 is 0 Å². The first-order chi connectivity index (χ1) is 9.02. The minimum absolute atomic E-state index is 0.0248. The smallest absolute Gasteiger partial charge is 0.326 e. The summed E-state index contributed by atoms with van der Waals surface area (Å²) in [4.78, 5) is 26.0. The monoisotopic (exact) mass is 274 g/mol. The Labute approximate surface area is 110 Å². The molecule has 2 heterocycles. The predicted octanol–water partition coefficient (Wildman–Crippen LogP) is -1.68. The van der Waals surface area contributed by atoms with E-state index in [4.69, 9.17) is 14.9 Å². The summed E-state index contributed by atoms with van der Waals surface area (Å²) >= 11 is 0. The van der Waals surface area contributed by atoms with Crippen LogP contribution in [0.3, 0.4) is 0 Å². The van der Waals surface area contributed by atoms with E-state index in [1.54, 1.807) is 0 Å². The summed E-state index contributed by atoms with van der Waals surface area (Å²) in [5.41, 5.74) is 0. The van der Waals surface area contributed by atoms with Crippen molar-refractivity contribution in [2.45, 2.75) is 24.7 Å². The molecule has 0 aromatic heterocycles. The van der Waals surface area contributed by atoms with Crippen molar-refractivity contribution < 1.29 is 29.6 Å². The highest BCUT2D eigenvalue weighted by molar-refractivity contribution is 5.83. The Hall–Kier alpha value is -1.38. The fourth-order valence-corrected chi connectivity index (χ4v) is 2.44. The minimum Gasteiger partial charge on any atom is -0.480 e. The molecule has 0 saturated carbocycles. The highest BCUT2D eigenvalue weighted by atomic mass is 16.5. The van der Waals surface area contributed by atoms with Crippen LogP contribution in [0.4, 0.5) is 4.79 Å². The van der Waals surface area contributed by atoms with E-state index in [1.807, 2.05) is 0 Å². The summed E-state index contributed by atoms with van der Waals surface area (Å²) in [6.45, 7) is 0.735. The maximum atomic E-state index is 12.3. The van der Waals surface area contributed by atoms with E-state index in [1.165, 1.54) is 9.80 Å². The zero-order chi connectivity index (χ0) is 14.0. The number of β-amino-alcohol motifs (C(OH)–C–C–N with tert-alkyl or cyclic N) is 1. The molecule has 108 valence electrons. The van der Waals surface area contributed by atoms with Gasteiger partial charge >= 0.3 is 12.0 Å². The zero-order valence-corrected chi connectivity index (χ0v) is 10.4. The van der Waals surface area contributed by atoms with E-state index < -0.39 is 30.3 Å². The summed E-state index contributed by atoms with van der Waals surface area (Å²) in [5.74, 6) is -1.11. The molecular weight excluding hydrogens is 256 g/mol. The second-order valence-electron chi connectivity index (χ2n) is 4.80. The molecule has 0 aliphatic carbocycles. The average molecular weight is 274 g/mol. The van der Waals surface area contributed by atoms with Crippen LogP contribution in [0.5, 0.6) is 0 Å². The predicted molar refractivity (Wildman–Crippen MR) is 62.5 cm³/mol. The first-order valence-corrected chi connectivity index (χ1v) is 6.21. The van der Waals surface area contributed by atoms with Gasteiger partial charge in [-0.25, -0.2) is 9.59 Å². The first-order valence-electron chi connectivity index (χ1n) is 6.21. The summed E-state index contributed by atoms with van der Waals surface area (Å²) in [6, 6.07) is -1.41. The van der Waals surface area contributed by atoms with Gasteiger partial charge in [0.1, 0.15) is 6.04 Å². The molecule has 0 spiro atoms. The van der Waals surface area contributed by atoms with Crippen molar-refractivity contribution >= 4 is 12.0 Å². The fourth-order valence-electron chi connectivity index (χ4n) is 2.44. The Kier molecular flexibility index (Phi) is 4.23. The summed E-state index contributed by atoms with van der Waals surface area (Å²) in [7, 11) is 0. The number of amides is 2. The molecule has 0 aromatic rings. The molecule has 2 fully saturated rings. The number of likely N-dealkylation sites (tertiary alicyclic amines) is 1. The molecule has 0 radical (unpaired) electrons. The topological polar surface area (TPSA) is 111 Å². The van der Waals surface area contributed by atoms with E-state index in [2.05, 4.69) is 0 Å². The molecule has 2 aliphatic heterocycles. The molecule has 2 rings (SSSR count). The number of hydrogen-bond acceptors (Lipinski definition) is 5. The molecule has 19 heavy (non-hydrogen) atoms. The Morgan fingerprint density at radius 3 is 2.68 bits per heavy atom. The van der Waals surface area contributed by atoms with E-state index >= 15 is 0 Å². The molecule has 3 atom stereocenters. The van der Waals surface area contributed by atoms with Crippen LogP contribution in [-0.4, -0.2) is 88.2 Å². The van der Waals surface area contributed by atoms with Crippen molar-refractivity contribution in [1.82, 2.24) is 9.80 Å². The van der Waals surface area contributed by atoms with Gasteiger partial charge in [-0.2, -0.15) is 0 Å². The van der Waals surface area contributed by atoms with Gasteiger partial charge in [0.15, 0.2) is 0 Å². The lowest BCUT2D eigenvalue weighted by molar-refractivity contribution is -0.141. The first kappa shape index (κ1) is 14.0. The van der Waals surface area contributed by atoms with Crippen molar-refractivity contribution in [2.75, 3.05) is 32.8 Å². The quantitative estimate of drug-likeness (QED) is 0.554. The number of aliphatic hydroxyl groups is 2. The third-order valence-corrected chi connectivity index (χ3v) is 3.42. The number of carboxylic acids is 1. The van der Waals surface area contributed by atoms with Crippen molar-refractivity contribution in [3.8, 4) is 0 Å². The average Bonchev–Trinajstić information content (AvgIpc) is 2.80. The summed E-state index contributed by atoms with van der Waals surface area (Å²) < 4.78 is 5.24. The fraction of sp³-hybridized carbons (Fsp3) is 0.818. The molecule has 2 amide bonds. The van der Waals surface area contributed by atoms with Gasteiger partial charge in [0, 0.05) is 19.5 Å². The number of rotatable bonds is 2. The number of carbonyl (C=O) groups excluding carboxylic acids is 1. The molecule has 2 aliphatic rings. The van der Waals surface area contributed by atoms with Gasteiger partial charge in [-0.1, -0.05) is 0 Å². The number of aliphatic hydroxyl groups excluding tert-OH is 2. The number of aliphatic carboxylic acids is 1. The van der Waals surface area contributed by atoms with Crippen LogP contribution in [0.25, 0.3) is 0 Å². The highest BCUT2D eigenvalue weighted by Crippen LogP contribution is 2.21. The maximum Gasteiger partial charge on any atom is 0.326 e. The second kappa shape index (κ2) is 5.72. The molecule has 8 heteroatoms. The van der Waals surface area contributed by atoms with E-state index in [-0.39, 0.29) is 26.1 Å². The van der Waals surface area contributed by atoms with Crippen molar-refractivity contribution in [3.63, 3.8) is 0 Å². The normalized spacial score (nSPS) is 31.6. The molecule has 3 N–H and O–H groups in total. The van der Waals surface area contributed by atoms with E-state index in [0.717, 1.165) is 0 Å². The van der Waals surface area contributed by atoms with E-state index in [0.29, 0.717) is 13.2 Å². The third-order valence-electron chi connectivity index (χ3n) is 3.42. The largest absolute Gasteiger partial charge is 0.480 e. The Morgan fingerprint density at radius 1 is 1.32 bits per heavy atom. The summed E-state index contributed by atoms with van der Waals surface area (Å²) in [6.07, 6.45) is -1.19. The number of ether oxygens (including phenoxy) is 1. The molecule has 0 aromatic carbocycles. The standard InChI is InChI=1S/C11H18N2O6/c14-6-8-5-12(1-2-19-8)11(18)13-4-7(15)3-9(13)10(16)17/h7-9,14-15H,1-6H2,(H,16,17)/t7-,8?,9+/m1/s1. The number of nitrogens with zero attached hydrogens (tertiary/aromatic N) is 2. The molecule has 1 unspecified atom stereocenters. The number of urea groups is 1. The lowest BCUT2D eigenvalue weighted by Gasteiger charge is -2.35. The van der Waals surface area contributed by atoms with Gasteiger partial charge in [-0.15, -0.1) is 0 Å². The third kappa shape index (κ3) is 2.96. The Balaban J connectivity index is 2.03.